The van der Waals surface area contributed by atoms with Crippen molar-refractivity contribution in [3.05, 3.63) is 138 Å². The molecule has 4 aromatic rings. The van der Waals surface area contributed by atoms with E-state index >= 15 is 0 Å². The molecule has 0 heterocycles. The standard InChI is InChI=1S/C41H49N4O7P/c1-30(2)25-36(40(48)43-35-21-13-6-14-22-35)44-38(46)34(24-23-31-15-7-3-8-16-31)28-53(50,51)29-42-39(47)37(26-32-17-9-4-10-18-32)45-41(49)52-27-33-19-11-5-12-20-33/h3-22,30,34,36-37H,23-29H2,1-2H3,(H,42,47)(H,43,48)(H,44,46)(H,45,49)(H,50,51)/t34?,36-,37-/m0/s1. The van der Waals surface area contributed by atoms with E-state index in [-0.39, 0.29) is 25.4 Å². The third-order valence-corrected chi connectivity index (χ3v) is 10.2. The molecule has 4 atom stereocenters. The molecule has 0 saturated carbocycles. The Morgan fingerprint density at radius 1 is 0.679 bits per heavy atom. The lowest BCUT2D eigenvalue weighted by Crippen LogP contribution is -2.49. The molecule has 12 heteroatoms. The van der Waals surface area contributed by atoms with Crippen LogP contribution in [0.25, 0.3) is 0 Å². The van der Waals surface area contributed by atoms with E-state index < -0.39 is 61.6 Å². The number of anilines is 1. The molecule has 0 aliphatic heterocycles. The molecule has 11 nitrogen and oxygen atoms in total. The summed E-state index contributed by atoms with van der Waals surface area (Å²) >= 11 is 0. The van der Waals surface area contributed by atoms with Crippen molar-refractivity contribution in [3.8, 4) is 0 Å². The Bertz CT molecular complexity index is 1790. The fourth-order valence-corrected chi connectivity index (χ4v) is 7.30. The minimum absolute atomic E-state index is 0.00341. The number of amides is 4. The highest BCUT2D eigenvalue weighted by Crippen LogP contribution is 2.42. The van der Waals surface area contributed by atoms with Crippen LogP contribution in [0.5, 0.6) is 0 Å². The second-order valence-electron chi connectivity index (χ2n) is 13.4. The third kappa shape index (κ3) is 14.7. The van der Waals surface area contributed by atoms with Crippen LogP contribution in [-0.2, 0) is 43.1 Å². The quantitative estimate of drug-likeness (QED) is 0.0706. The van der Waals surface area contributed by atoms with Crippen molar-refractivity contribution in [3.63, 3.8) is 0 Å². The van der Waals surface area contributed by atoms with Crippen LogP contribution in [0, 0.1) is 11.8 Å². The number of carbonyl (C=O) groups is 4. The molecule has 280 valence electrons. The van der Waals surface area contributed by atoms with Crippen LogP contribution in [0.15, 0.2) is 121 Å². The molecule has 0 radical (unpaired) electrons. The van der Waals surface area contributed by atoms with Crippen LogP contribution in [0.4, 0.5) is 10.5 Å². The first kappa shape index (κ1) is 40.5. The van der Waals surface area contributed by atoms with Gasteiger partial charge in [-0.05, 0) is 54.0 Å². The summed E-state index contributed by atoms with van der Waals surface area (Å²) in [5.74, 6) is -2.48. The summed E-state index contributed by atoms with van der Waals surface area (Å²) in [7, 11) is -4.17. The Labute approximate surface area is 311 Å². The molecule has 0 aliphatic rings. The molecule has 0 saturated heterocycles. The molecular formula is C41H49N4O7P. The highest BCUT2D eigenvalue weighted by Gasteiger charge is 2.33. The van der Waals surface area contributed by atoms with Crippen LogP contribution in [-0.4, -0.2) is 53.2 Å². The Morgan fingerprint density at radius 2 is 1.23 bits per heavy atom. The maximum absolute atomic E-state index is 13.9. The van der Waals surface area contributed by atoms with E-state index in [9.17, 15) is 28.6 Å². The molecule has 0 aromatic heterocycles. The van der Waals surface area contributed by atoms with E-state index in [2.05, 4.69) is 21.3 Å². The SMILES string of the molecule is CC(C)C[C@H](NC(=O)C(CCc1ccccc1)CP(=O)(O)CNC(=O)[C@H](Cc1ccccc1)NC(=O)OCc1ccccc1)C(=O)Nc1ccccc1. The molecule has 53 heavy (non-hydrogen) atoms. The average molecular weight is 741 g/mol. The van der Waals surface area contributed by atoms with Crippen molar-refractivity contribution < 1.29 is 33.4 Å². The van der Waals surface area contributed by atoms with E-state index in [1.807, 2.05) is 74.5 Å². The molecule has 0 bridgehead atoms. The largest absolute Gasteiger partial charge is 0.445 e. The van der Waals surface area contributed by atoms with Gasteiger partial charge in [0.25, 0.3) is 0 Å². The van der Waals surface area contributed by atoms with Gasteiger partial charge in [0.05, 0.1) is 6.29 Å². The van der Waals surface area contributed by atoms with Crippen molar-refractivity contribution in [2.75, 3.05) is 17.8 Å². The van der Waals surface area contributed by atoms with Gasteiger partial charge in [-0.2, -0.15) is 0 Å². The maximum Gasteiger partial charge on any atom is 0.408 e. The summed E-state index contributed by atoms with van der Waals surface area (Å²) < 4.78 is 19.0. The minimum Gasteiger partial charge on any atom is -0.445 e. The van der Waals surface area contributed by atoms with E-state index in [0.717, 1.165) is 16.7 Å². The number of hydrogen-bond acceptors (Lipinski definition) is 6. The summed E-state index contributed by atoms with van der Waals surface area (Å²) in [6, 6.07) is 34.5. The molecule has 0 aliphatic carbocycles. The van der Waals surface area contributed by atoms with Gasteiger partial charge in [0, 0.05) is 24.2 Å². The Hall–Kier alpha value is -5.25. The van der Waals surface area contributed by atoms with E-state index in [1.54, 1.807) is 60.7 Å². The fraction of sp³-hybridized carbons (Fsp3) is 0.317. The number of ether oxygens (including phenoxy) is 1. The zero-order valence-electron chi connectivity index (χ0n) is 30.2. The molecule has 0 spiro atoms. The maximum atomic E-state index is 13.9. The fourth-order valence-electron chi connectivity index (χ4n) is 5.73. The molecule has 4 rings (SSSR count). The van der Waals surface area contributed by atoms with Crippen molar-refractivity contribution in [2.45, 2.75) is 58.2 Å². The van der Waals surface area contributed by atoms with Crippen molar-refractivity contribution >= 4 is 36.9 Å². The number of carbonyl (C=O) groups excluding carboxylic acids is 4. The average Bonchev–Trinajstić information content (AvgIpc) is 3.15. The smallest absolute Gasteiger partial charge is 0.408 e. The minimum atomic E-state index is -4.17. The van der Waals surface area contributed by atoms with Gasteiger partial charge >= 0.3 is 6.09 Å². The second kappa shape index (κ2) is 20.7. The van der Waals surface area contributed by atoms with Gasteiger partial charge < -0.3 is 30.9 Å². The van der Waals surface area contributed by atoms with Gasteiger partial charge in [-0.25, -0.2) is 4.79 Å². The molecular weight excluding hydrogens is 691 g/mol. The van der Waals surface area contributed by atoms with Gasteiger partial charge in [0.15, 0.2) is 0 Å². The summed E-state index contributed by atoms with van der Waals surface area (Å²) in [5.41, 5.74) is 3.06. The lowest BCUT2D eigenvalue weighted by atomic mass is 9.98. The Balaban J connectivity index is 1.44. The number of para-hydroxylation sites is 1. The lowest BCUT2D eigenvalue weighted by molar-refractivity contribution is -0.129. The van der Waals surface area contributed by atoms with Crippen molar-refractivity contribution in [2.24, 2.45) is 11.8 Å². The Morgan fingerprint density at radius 3 is 1.81 bits per heavy atom. The van der Waals surface area contributed by atoms with Crippen LogP contribution in [0.3, 0.4) is 0 Å². The van der Waals surface area contributed by atoms with Gasteiger partial charge in [-0.15, -0.1) is 0 Å². The summed E-state index contributed by atoms with van der Waals surface area (Å²) in [5, 5.41) is 10.8. The molecule has 5 N–H and O–H groups in total. The molecule has 4 amide bonds. The van der Waals surface area contributed by atoms with Crippen molar-refractivity contribution in [1.82, 2.24) is 16.0 Å². The third-order valence-electron chi connectivity index (χ3n) is 8.49. The summed E-state index contributed by atoms with van der Waals surface area (Å²) in [4.78, 5) is 64.6. The Kier molecular flexibility index (Phi) is 15.8. The normalized spacial score (nSPS) is 13.8. The van der Waals surface area contributed by atoms with Gasteiger partial charge in [-0.3, -0.25) is 18.9 Å². The first-order valence-electron chi connectivity index (χ1n) is 17.8. The number of benzene rings is 4. The van der Waals surface area contributed by atoms with Gasteiger partial charge in [-0.1, -0.05) is 123 Å². The number of hydrogen-bond donors (Lipinski definition) is 5. The number of rotatable bonds is 19. The van der Waals surface area contributed by atoms with Crippen LogP contribution < -0.4 is 21.3 Å². The van der Waals surface area contributed by atoms with Crippen LogP contribution >= 0.6 is 7.37 Å². The lowest BCUT2D eigenvalue weighted by Gasteiger charge is -2.25. The van der Waals surface area contributed by atoms with Crippen LogP contribution in [0.2, 0.25) is 0 Å². The highest BCUT2D eigenvalue weighted by atomic mass is 31.2. The monoisotopic (exact) mass is 740 g/mol. The van der Waals surface area contributed by atoms with E-state index in [4.69, 9.17) is 4.74 Å². The predicted molar refractivity (Wildman–Crippen MR) is 206 cm³/mol. The van der Waals surface area contributed by atoms with Crippen LogP contribution in [0.1, 0.15) is 43.4 Å². The zero-order valence-corrected chi connectivity index (χ0v) is 31.0. The highest BCUT2D eigenvalue weighted by molar-refractivity contribution is 7.58. The summed E-state index contributed by atoms with van der Waals surface area (Å²) in [6.45, 7) is 3.88. The topological polar surface area (TPSA) is 163 Å². The first-order chi connectivity index (χ1) is 25.5. The zero-order chi connectivity index (χ0) is 38.1. The molecule has 2 unspecified atom stereocenters. The second-order valence-corrected chi connectivity index (χ2v) is 15.8. The number of aryl methyl sites for hydroxylation is 1. The molecule has 4 aromatic carbocycles. The summed E-state index contributed by atoms with van der Waals surface area (Å²) in [6.07, 6.45) is -0.742. The number of alkyl carbamates (subject to hydrolysis) is 1. The van der Waals surface area contributed by atoms with E-state index in [1.165, 1.54) is 0 Å². The first-order valence-corrected chi connectivity index (χ1v) is 19.8. The van der Waals surface area contributed by atoms with E-state index in [0.29, 0.717) is 18.5 Å². The predicted octanol–water partition coefficient (Wildman–Crippen LogP) is 6.29. The van der Waals surface area contributed by atoms with Gasteiger partial charge in [0.1, 0.15) is 18.7 Å². The molecule has 0 fully saturated rings. The van der Waals surface area contributed by atoms with Gasteiger partial charge in [0.2, 0.25) is 25.1 Å². The number of nitrogens with one attached hydrogen (secondary N) is 4. The van der Waals surface area contributed by atoms with Crippen molar-refractivity contribution in [1.29, 1.82) is 0 Å².